The van der Waals surface area contributed by atoms with Gasteiger partial charge in [-0.25, -0.2) is 0 Å². The van der Waals surface area contributed by atoms with Crippen molar-refractivity contribution >= 4 is 11.4 Å². The van der Waals surface area contributed by atoms with E-state index in [1.54, 1.807) is 0 Å². The van der Waals surface area contributed by atoms with E-state index >= 15 is 0 Å². The molecule has 0 aliphatic carbocycles. The van der Waals surface area contributed by atoms with Gasteiger partial charge in [0.2, 0.25) is 0 Å². The smallest absolute Gasteiger partial charge is 0.398 e. The number of nitrogens with two attached hydrogens (primary N) is 1. The summed E-state index contributed by atoms with van der Waals surface area (Å²) in [5, 5.41) is 0. The van der Waals surface area contributed by atoms with Crippen LogP contribution in [0, 0.1) is 0 Å². The second-order valence-corrected chi connectivity index (χ2v) is 4.96. The molecule has 2 N–H and O–H groups in total. The highest BCUT2D eigenvalue weighted by Crippen LogP contribution is 2.31. The Hall–Kier alpha value is -1.43. The number of nitrogens with zero attached hydrogens (tertiary/aromatic N) is 1. The van der Waals surface area contributed by atoms with Gasteiger partial charge in [-0.2, -0.15) is 13.2 Å². The molecule has 2 rings (SSSR count). The normalized spacial score (nSPS) is 15.2. The van der Waals surface area contributed by atoms with Crippen LogP contribution >= 0.6 is 0 Å². The van der Waals surface area contributed by atoms with Crippen molar-refractivity contribution in [1.82, 2.24) is 0 Å². The van der Waals surface area contributed by atoms with E-state index in [2.05, 4.69) is 9.64 Å². The van der Waals surface area contributed by atoms with Crippen molar-refractivity contribution in [1.29, 1.82) is 0 Å². The van der Waals surface area contributed by atoms with E-state index in [4.69, 9.17) is 5.73 Å². The van der Waals surface area contributed by atoms with Crippen LogP contribution in [0.15, 0.2) is 18.2 Å². The average molecular weight is 288 g/mol. The molecule has 0 unspecified atom stereocenters. The fourth-order valence-electron chi connectivity index (χ4n) is 2.51. The van der Waals surface area contributed by atoms with Gasteiger partial charge in [0, 0.05) is 31.1 Å². The third-order valence-electron chi connectivity index (χ3n) is 3.37. The Balaban J connectivity index is 1.82. The first-order valence-electron chi connectivity index (χ1n) is 6.74. The van der Waals surface area contributed by atoms with E-state index in [1.165, 1.54) is 0 Å². The summed E-state index contributed by atoms with van der Waals surface area (Å²) in [6.07, 6.45) is -1.69. The Bertz CT molecular complexity index is 449. The second kappa shape index (κ2) is 6.35. The lowest BCUT2D eigenvalue weighted by molar-refractivity contribution is -0.173. The van der Waals surface area contributed by atoms with Gasteiger partial charge in [0.1, 0.15) is 6.61 Å². The number of rotatable bonds is 5. The monoisotopic (exact) mass is 288 g/mol. The van der Waals surface area contributed by atoms with Crippen molar-refractivity contribution in [2.45, 2.75) is 25.4 Å². The van der Waals surface area contributed by atoms with Crippen molar-refractivity contribution in [2.24, 2.45) is 0 Å². The first-order valence-corrected chi connectivity index (χ1v) is 6.74. The maximum absolute atomic E-state index is 11.9. The summed E-state index contributed by atoms with van der Waals surface area (Å²) in [6.45, 7) is 0.550. The maximum atomic E-state index is 11.9. The topological polar surface area (TPSA) is 38.5 Å². The predicted molar refractivity (Wildman–Crippen MR) is 72.9 cm³/mol. The number of anilines is 2. The van der Waals surface area contributed by atoms with E-state index < -0.39 is 12.8 Å². The number of fused-ring (bicyclic) bond motifs is 1. The van der Waals surface area contributed by atoms with E-state index in [-0.39, 0.29) is 6.61 Å². The van der Waals surface area contributed by atoms with Crippen LogP contribution in [0.3, 0.4) is 0 Å². The van der Waals surface area contributed by atoms with Crippen LogP contribution in [-0.4, -0.2) is 32.5 Å². The van der Waals surface area contributed by atoms with Gasteiger partial charge in [0.15, 0.2) is 0 Å². The molecule has 1 aromatic carbocycles. The van der Waals surface area contributed by atoms with Crippen LogP contribution in [0.2, 0.25) is 0 Å². The van der Waals surface area contributed by atoms with Crippen molar-refractivity contribution in [3.8, 4) is 0 Å². The lowest BCUT2D eigenvalue weighted by Gasteiger charge is -2.32. The lowest BCUT2D eigenvalue weighted by atomic mass is 10.00. The Morgan fingerprint density at radius 1 is 1.30 bits per heavy atom. The molecule has 6 heteroatoms. The summed E-state index contributed by atoms with van der Waals surface area (Å²) < 4.78 is 40.4. The Labute approximate surface area is 116 Å². The molecule has 1 aliphatic heterocycles. The minimum Gasteiger partial charge on any atom is -0.398 e. The number of hydrogen-bond acceptors (Lipinski definition) is 3. The predicted octanol–water partition coefficient (Wildman–Crippen LogP) is 2.99. The van der Waals surface area contributed by atoms with Crippen molar-refractivity contribution in [3.05, 3.63) is 23.8 Å². The number of nitrogen functional groups attached to an aromatic ring is 1. The fourth-order valence-corrected chi connectivity index (χ4v) is 2.51. The van der Waals surface area contributed by atoms with Gasteiger partial charge < -0.3 is 15.4 Å². The average Bonchev–Trinajstić information content (AvgIpc) is 2.38. The molecule has 0 radical (unpaired) electrons. The molecular weight excluding hydrogens is 269 g/mol. The van der Waals surface area contributed by atoms with Crippen LogP contribution in [-0.2, 0) is 11.2 Å². The first-order chi connectivity index (χ1) is 9.47. The summed E-state index contributed by atoms with van der Waals surface area (Å²) >= 11 is 0. The van der Waals surface area contributed by atoms with E-state index in [0.717, 1.165) is 36.3 Å². The third-order valence-corrected chi connectivity index (χ3v) is 3.37. The number of benzene rings is 1. The summed E-state index contributed by atoms with van der Waals surface area (Å²) in [4.78, 5) is 2.17. The van der Waals surface area contributed by atoms with Gasteiger partial charge in [0.05, 0.1) is 0 Å². The molecular formula is C14H19F3N2O. The summed E-state index contributed by atoms with van der Waals surface area (Å²) in [5.41, 5.74) is 9.00. The molecule has 20 heavy (non-hydrogen) atoms. The first kappa shape index (κ1) is 15.0. The molecule has 3 nitrogen and oxygen atoms in total. The molecule has 1 aliphatic rings. The minimum absolute atomic E-state index is 0.119. The minimum atomic E-state index is -4.24. The zero-order valence-electron chi connectivity index (χ0n) is 11.2. The molecule has 1 heterocycles. The summed E-state index contributed by atoms with van der Waals surface area (Å²) in [7, 11) is 0. The number of halogens is 3. The zero-order chi connectivity index (χ0) is 14.6. The molecule has 0 saturated carbocycles. The van der Waals surface area contributed by atoms with Gasteiger partial charge in [-0.3, -0.25) is 0 Å². The van der Waals surface area contributed by atoms with Crippen LogP contribution in [0.4, 0.5) is 24.5 Å². The molecule has 0 saturated heterocycles. The zero-order valence-corrected chi connectivity index (χ0v) is 11.2. The Morgan fingerprint density at radius 2 is 2.10 bits per heavy atom. The molecule has 0 spiro atoms. The molecule has 0 fully saturated rings. The molecule has 1 aromatic rings. The van der Waals surface area contributed by atoms with Crippen molar-refractivity contribution in [3.63, 3.8) is 0 Å². The SMILES string of the molecule is Nc1cccc2c1CCCN2CCCOCC(F)(F)F. The Morgan fingerprint density at radius 3 is 2.85 bits per heavy atom. The molecule has 112 valence electrons. The second-order valence-electron chi connectivity index (χ2n) is 4.96. The van der Waals surface area contributed by atoms with Crippen LogP contribution in [0.5, 0.6) is 0 Å². The molecule has 0 atom stereocenters. The van der Waals surface area contributed by atoms with Crippen LogP contribution < -0.4 is 10.6 Å². The highest BCUT2D eigenvalue weighted by Gasteiger charge is 2.27. The summed E-state index contributed by atoms with van der Waals surface area (Å²) in [6, 6.07) is 5.81. The number of hydrogen-bond donors (Lipinski definition) is 1. The van der Waals surface area contributed by atoms with Gasteiger partial charge in [-0.05, 0) is 37.0 Å². The van der Waals surface area contributed by atoms with Crippen molar-refractivity contribution < 1.29 is 17.9 Å². The van der Waals surface area contributed by atoms with Gasteiger partial charge >= 0.3 is 6.18 Å². The Kier molecular flexibility index (Phi) is 4.75. The van der Waals surface area contributed by atoms with Crippen LogP contribution in [0.1, 0.15) is 18.4 Å². The quantitative estimate of drug-likeness (QED) is 0.668. The largest absolute Gasteiger partial charge is 0.411 e. The highest BCUT2D eigenvalue weighted by atomic mass is 19.4. The highest BCUT2D eigenvalue weighted by molar-refractivity contribution is 5.66. The van der Waals surface area contributed by atoms with Crippen LogP contribution in [0.25, 0.3) is 0 Å². The fraction of sp³-hybridized carbons (Fsp3) is 0.571. The maximum Gasteiger partial charge on any atom is 0.411 e. The van der Waals surface area contributed by atoms with E-state index in [1.807, 2.05) is 18.2 Å². The molecule has 0 bridgehead atoms. The molecule has 0 aromatic heterocycles. The number of ether oxygens (including phenoxy) is 1. The number of alkyl halides is 3. The lowest BCUT2D eigenvalue weighted by Crippen LogP contribution is -2.31. The third kappa shape index (κ3) is 4.03. The van der Waals surface area contributed by atoms with Gasteiger partial charge in [-0.1, -0.05) is 6.07 Å². The standard InChI is InChI=1S/C14H19F3N2O/c15-14(16,17)10-20-9-3-8-19-7-2-4-11-12(18)5-1-6-13(11)19/h1,5-6H,2-4,7-10,18H2. The van der Waals surface area contributed by atoms with E-state index in [9.17, 15) is 13.2 Å². The van der Waals surface area contributed by atoms with Crippen molar-refractivity contribution in [2.75, 3.05) is 36.9 Å². The summed E-state index contributed by atoms with van der Waals surface area (Å²) in [5.74, 6) is 0. The van der Waals surface area contributed by atoms with E-state index in [0.29, 0.717) is 13.0 Å². The van der Waals surface area contributed by atoms with Gasteiger partial charge in [-0.15, -0.1) is 0 Å². The molecule has 0 amide bonds. The van der Waals surface area contributed by atoms with Gasteiger partial charge in [0.25, 0.3) is 0 Å².